The van der Waals surface area contributed by atoms with Gasteiger partial charge in [-0.2, -0.15) is 0 Å². The van der Waals surface area contributed by atoms with E-state index in [1.807, 2.05) is 34.6 Å². The molecule has 0 N–H and O–H groups in total. The molecular weight excluding hydrogens is 207 g/mol. The van der Waals surface area contributed by atoms with Gasteiger partial charge in [0, 0.05) is 0 Å². The molecule has 1 heterocycles. The molecule has 0 saturated carbocycles. The smallest absolute Gasteiger partial charge is 0.399 e. The molecule has 2 nitrogen and oxygen atoms in total. The zero-order valence-corrected chi connectivity index (χ0v) is 11.0. The average molecular weight is 226 g/mol. The largest absolute Gasteiger partial charge is 0.495 e. The van der Waals surface area contributed by atoms with Crippen molar-refractivity contribution in [3.63, 3.8) is 0 Å². The van der Waals surface area contributed by atoms with Crippen molar-refractivity contribution in [2.75, 3.05) is 0 Å². The molecule has 0 bridgehead atoms. The first-order valence-corrected chi connectivity index (χ1v) is 5.54. The van der Waals surface area contributed by atoms with Crippen LogP contribution in [0.5, 0.6) is 0 Å². The normalized spacial score (nSPS) is 25.1. The van der Waals surface area contributed by atoms with Crippen molar-refractivity contribution in [2.24, 2.45) is 0 Å². The molecule has 0 aromatic carbocycles. The minimum Gasteiger partial charge on any atom is -0.399 e. The second kappa shape index (κ2) is 4.00. The molecular formula is C11H19BO2S. The summed E-state index contributed by atoms with van der Waals surface area (Å²) < 4.78 is 11.8. The molecule has 84 valence electrons. The Bertz CT molecular complexity index is 288. The van der Waals surface area contributed by atoms with Crippen LogP contribution < -0.4 is 0 Å². The van der Waals surface area contributed by atoms with E-state index in [0.29, 0.717) is 0 Å². The summed E-state index contributed by atoms with van der Waals surface area (Å²) in [5, 5.41) is 0. The molecule has 0 amide bonds. The molecule has 1 fully saturated rings. The Balaban J connectivity index is 2.97. The number of hydrogen-bond acceptors (Lipinski definition) is 3. The van der Waals surface area contributed by atoms with Gasteiger partial charge in [0.2, 0.25) is 0 Å². The molecule has 4 heteroatoms. The fourth-order valence-corrected chi connectivity index (χ4v) is 1.58. The van der Waals surface area contributed by atoms with E-state index in [0.717, 1.165) is 10.4 Å². The van der Waals surface area contributed by atoms with E-state index in [1.54, 1.807) is 6.08 Å². The van der Waals surface area contributed by atoms with E-state index >= 15 is 0 Å². The van der Waals surface area contributed by atoms with Crippen LogP contribution in [0, 0.1) is 0 Å². The first kappa shape index (κ1) is 12.9. The van der Waals surface area contributed by atoms with Crippen LogP contribution in [0.15, 0.2) is 23.0 Å². The van der Waals surface area contributed by atoms with Crippen LogP contribution in [0.2, 0.25) is 0 Å². The van der Waals surface area contributed by atoms with Crippen LogP contribution >= 0.6 is 12.6 Å². The van der Waals surface area contributed by atoms with Gasteiger partial charge in [0.05, 0.1) is 11.2 Å². The van der Waals surface area contributed by atoms with Gasteiger partial charge in [-0.15, -0.1) is 12.6 Å². The fourth-order valence-electron chi connectivity index (χ4n) is 1.38. The third-order valence-electron chi connectivity index (χ3n) is 3.14. The number of allylic oxidation sites excluding steroid dienone is 3. The molecule has 1 saturated heterocycles. The van der Waals surface area contributed by atoms with Crippen LogP contribution in [0.25, 0.3) is 0 Å². The third-order valence-corrected chi connectivity index (χ3v) is 3.40. The van der Waals surface area contributed by atoms with E-state index in [2.05, 4.69) is 19.2 Å². The van der Waals surface area contributed by atoms with Crippen LogP contribution in [0.1, 0.15) is 34.6 Å². The first-order chi connectivity index (χ1) is 6.71. The lowest BCUT2D eigenvalue weighted by atomic mass is 9.78. The molecule has 1 aliphatic heterocycles. The highest BCUT2D eigenvalue weighted by Gasteiger charge is 2.52. The SMILES string of the molecule is C=C/C(B1OC(C)(C)C(C)(C)O1)=C(\C)S. The van der Waals surface area contributed by atoms with E-state index < -0.39 is 0 Å². The highest BCUT2D eigenvalue weighted by Crippen LogP contribution is 2.39. The summed E-state index contributed by atoms with van der Waals surface area (Å²) in [5.41, 5.74) is 0.279. The Morgan fingerprint density at radius 2 is 1.60 bits per heavy atom. The maximum absolute atomic E-state index is 5.88. The Hall–Kier alpha value is -0.185. The summed E-state index contributed by atoms with van der Waals surface area (Å²) in [6.07, 6.45) is 1.74. The molecule has 1 rings (SSSR count). The lowest BCUT2D eigenvalue weighted by Crippen LogP contribution is -2.41. The van der Waals surface area contributed by atoms with E-state index in [1.165, 1.54) is 0 Å². The van der Waals surface area contributed by atoms with Crippen molar-refractivity contribution in [3.8, 4) is 0 Å². The van der Waals surface area contributed by atoms with E-state index in [4.69, 9.17) is 9.31 Å². The molecule has 0 aromatic heterocycles. The predicted octanol–water partition coefficient (Wildman–Crippen LogP) is 3.01. The van der Waals surface area contributed by atoms with Crippen molar-refractivity contribution < 1.29 is 9.31 Å². The highest BCUT2D eigenvalue weighted by molar-refractivity contribution is 7.84. The summed E-state index contributed by atoms with van der Waals surface area (Å²) in [4.78, 5) is 0.878. The van der Waals surface area contributed by atoms with Crippen molar-refractivity contribution in [2.45, 2.75) is 45.8 Å². The third kappa shape index (κ3) is 2.32. The second-order valence-electron chi connectivity index (χ2n) is 4.83. The van der Waals surface area contributed by atoms with Gasteiger partial charge in [0.25, 0.3) is 0 Å². The summed E-state index contributed by atoms with van der Waals surface area (Å²) >= 11 is 4.31. The monoisotopic (exact) mass is 226 g/mol. The molecule has 0 aromatic rings. The van der Waals surface area contributed by atoms with Gasteiger partial charge in [-0.3, -0.25) is 0 Å². The van der Waals surface area contributed by atoms with Crippen LogP contribution in [0.4, 0.5) is 0 Å². The first-order valence-electron chi connectivity index (χ1n) is 5.09. The summed E-state index contributed by atoms with van der Waals surface area (Å²) in [5.74, 6) is 0. The van der Waals surface area contributed by atoms with Crippen molar-refractivity contribution in [1.82, 2.24) is 0 Å². The molecule has 0 spiro atoms. The molecule has 0 radical (unpaired) electrons. The zero-order chi connectivity index (χ0) is 11.9. The molecule has 0 atom stereocenters. The van der Waals surface area contributed by atoms with Crippen molar-refractivity contribution in [3.05, 3.63) is 23.0 Å². The molecule has 1 aliphatic rings. The Labute approximate surface area is 98.3 Å². The van der Waals surface area contributed by atoms with Crippen LogP contribution in [-0.2, 0) is 9.31 Å². The van der Waals surface area contributed by atoms with Crippen LogP contribution in [0.3, 0.4) is 0 Å². The summed E-state index contributed by atoms with van der Waals surface area (Å²) in [6.45, 7) is 13.8. The van der Waals surface area contributed by atoms with Gasteiger partial charge in [-0.1, -0.05) is 12.7 Å². The lowest BCUT2D eigenvalue weighted by molar-refractivity contribution is 0.00578. The maximum Gasteiger partial charge on any atom is 0.495 e. The Kier molecular flexibility index (Phi) is 3.44. The number of thiol groups is 1. The highest BCUT2D eigenvalue weighted by atomic mass is 32.1. The minimum absolute atomic E-state index is 0.310. The van der Waals surface area contributed by atoms with Gasteiger partial charge < -0.3 is 9.31 Å². The summed E-state index contributed by atoms with van der Waals surface area (Å²) in [6, 6.07) is 0. The van der Waals surface area contributed by atoms with Gasteiger partial charge in [0.15, 0.2) is 0 Å². The number of rotatable bonds is 2. The predicted molar refractivity (Wildman–Crippen MR) is 68.0 cm³/mol. The van der Waals surface area contributed by atoms with E-state index in [-0.39, 0.29) is 18.3 Å². The minimum atomic E-state index is -0.356. The zero-order valence-electron chi connectivity index (χ0n) is 10.1. The van der Waals surface area contributed by atoms with Gasteiger partial charge >= 0.3 is 7.12 Å². The number of hydrogen-bond donors (Lipinski definition) is 1. The molecule has 0 unspecified atom stereocenters. The van der Waals surface area contributed by atoms with Crippen molar-refractivity contribution in [1.29, 1.82) is 0 Å². The quantitative estimate of drug-likeness (QED) is 0.443. The Morgan fingerprint density at radius 3 is 1.87 bits per heavy atom. The van der Waals surface area contributed by atoms with Crippen LogP contribution in [-0.4, -0.2) is 18.3 Å². The maximum atomic E-state index is 5.88. The molecule has 15 heavy (non-hydrogen) atoms. The Morgan fingerprint density at radius 1 is 1.20 bits per heavy atom. The fraction of sp³-hybridized carbons (Fsp3) is 0.636. The van der Waals surface area contributed by atoms with Crippen molar-refractivity contribution >= 4 is 19.7 Å². The van der Waals surface area contributed by atoms with Gasteiger partial charge in [-0.05, 0) is 45.0 Å². The average Bonchev–Trinajstić information content (AvgIpc) is 2.21. The topological polar surface area (TPSA) is 18.5 Å². The van der Waals surface area contributed by atoms with Gasteiger partial charge in [0.1, 0.15) is 0 Å². The molecule has 0 aliphatic carbocycles. The second-order valence-corrected chi connectivity index (χ2v) is 5.50. The lowest BCUT2D eigenvalue weighted by Gasteiger charge is -2.32. The summed E-state index contributed by atoms with van der Waals surface area (Å²) in [7, 11) is -0.356. The van der Waals surface area contributed by atoms with Gasteiger partial charge in [-0.25, -0.2) is 0 Å². The standard InChI is InChI=1S/C11H19BO2S/c1-7-9(8(2)15)12-13-10(3,4)11(5,6)14-12/h7,15H,1H2,2-6H3/b9-8-. The van der Waals surface area contributed by atoms with E-state index in [9.17, 15) is 0 Å².